The van der Waals surface area contributed by atoms with E-state index in [-0.39, 0.29) is 10.9 Å². The van der Waals surface area contributed by atoms with E-state index in [0.717, 1.165) is 0 Å². The minimum atomic E-state index is -0.185. The largest absolute Gasteiger partial charge is 0.307 e. The minimum Gasteiger partial charge on any atom is -0.307 e. The molecule has 5 rings (SSSR count). The summed E-state index contributed by atoms with van der Waals surface area (Å²) in [7, 11) is 0. The first kappa shape index (κ1) is 15.1. The molecule has 5 aromatic rings. The highest BCUT2D eigenvalue weighted by molar-refractivity contribution is 6.07. The molecule has 124 valence electrons. The highest BCUT2D eigenvalue weighted by atomic mass is 16.1. The molecule has 0 radical (unpaired) electrons. The van der Waals surface area contributed by atoms with Gasteiger partial charge in [-0.1, -0.05) is 6.07 Å². The minimum absolute atomic E-state index is 0.185. The van der Waals surface area contributed by atoms with Gasteiger partial charge < -0.3 is 4.40 Å². The van der Waals surface area contributed by atoms with Gasteiger partial charge in [0, 0.05) is 21.5 Å². The normalized spacial score (nSPS) is 11.2. The summed E-state index contributed by atoms with van der Waals surface area (Å²) in [6, 6.07) is 19.0. The Hall–Kier alpha value is -4.22. The molecular formula is C22H9N3O2. The second kappa shape index (κ2) is 5.14. The average molecular weight is 347 g/mol. The first-order valence-electron chi connectivity index (χ1n) is 8.25. The van der Waals surface area contributed by atoms with E-state index in [1.165, 1.54) is 0 Å². The van der Waals surface area contributed by atoms with Crippen molar-refractivity contribution in [2.24, 2.45) is 0 Å². The monoisotopic (exact) mass is 347 g/mol. The summed E-state index contributed by atoms with van der Waals surface area (Å²) in [5.41, 5.74) is 2.06. The van der Waals surface area contributed by atoms with Crippen molar-refractivity contribution in [3.63, 3.8) is 0 Å². The van der Waals surface area contributed by atoms with Crippen LogP contribution in [0.25, 0.3) is 38.1 Å². The van der Waals surface area contributed by atoms with E-state index in [0.29, 0.717) is 49.2 Å². The Morgan fingerprint density at radius 1 is 0.667 bits per heavy atom. The molecule has 2 aromatic heterocycles. The fraction of sp³-hybridized carbons (Fsp3) is 0. The number of hydrogen-bond donors (Lipinski definition) is 0. The van der Waals surface area contributed by atoms with Gasteiger partial charge in [0.2, 0.25) is 0 Å². The average Bonchev–Trinajstić information content (AvgIpc) is 2.72. The zero-order valence-corrected chi connectivity index (χ0v) is 13.9. The summed E-state index contributed by atoms with van der Waals surface area (Å²) in [5, 5.41) is 20.4. The highest BCUT2D eigenvalue weighted by Gasteiger charge is 2.17. The standard InChI is InChI=1S/C22H9N3O2/c23-10-12-4-6-14-18(8-12)25-19-9-13(11-24)5-7-15(19)22(27)17-3-1-2-16(20(17)25)21(14)26/h1-9H. The lowest BCUT2D eigenvalue weighted by atomic mass is 10.0. The van der Waals surface area contributed by atoms with E-state index in [1.54, 1.807) is 54.6 Å². The summed E-state index contributed by atoms with van der Waals surface area (Å²) < 4.78 is 1.82. The number of para-hydroxylation sites is 1. The number of benzene rings is 3. The van der Waals surface area contributed by atoms with Crippen molar-refractivity contribution in [1.29, 1.82) is 10.5 Å². The lowest BCUT2D eigenvalue weighted by Gasteiger charge is -2.14. The van der Waals surface area contributed by atoms with Gasteiger partial charge in [0.25, 0.3) is 0 Å². The molecule has 2 heterocycles. The summed E-state index contributed by atoms with van der Waals surface area (Å²) in [5.74, 6) is 0. The molecule has 5 nitrogen and oxygen atoms in total. The predicted molar refractivity (Wildman–Crippen MR) is 103 cm³/mol. The molecule has 0 saturated carbocycles. The van der Waals surface area contributed by atoms with Crippen molar-refractivity contribution in [2.45, 2.75) is 0 Å². The summed E-state index contributed by atoms with van der Waals surface area (Å²) >= 11 is 0. The van der Waals surface area contributed by atoms with Gasteiger partial charge in [0.15, 0.2) is 10.9 Å². The third-order valence-electron chi connectivity index (χ3n) is 4.97. The Morgan fingerprint density at radius 3 is 1.59 bits per heavy atom. The topological polar surface area (TPSA) is 86.1 Å². The zero-order chi connectivity index (χ0) is 18.7. The molecule has 0 N–H and O–H groups in total. The molecule has 5 heteroatoms. The maximum Gasteiger partial charge on any atom is 0.197 e. The van der Waals surface area contributed by atoms with Crippen LogP contribution in [0, 0.1) is 22.7 Å². The number of nitrogens with zero attached hydrogens (tertiary/aromatic N) is 3. The molecule has 0 aliphatic carbocycles. The highest BCUT2D eigenvalue weighted by Crippen LogP contribution is 2.27. The molecule has 27 heavy (non-hydrogen) atoms. The Balaban J connectivity index is 2.28. The van der Waals surface area contributed by atoms with Crippen molar-refractivity contribution < 1.29 is 0 Å². The molecule has 0 spiro atoms. The Bertz CT molecular complexity index is 1520. The number of rotatable bonds is 0. The quantitative estimate of drug-likeness (QED) is 0.318. The summed E-state index contributed by atoms with van der Waals surface area (Å²) in [6.07, 6.45) is 0. The van der Waals surface area contributed by atoms with Crippen LogP contribution in [0.3, 0.4) is 0 Å². The van der Waals surface area contributed by atoms with Crippen molar-refractivity contribution in [1.82, 2.24) is 4.40 Å². The summed E-state index contributed by atoms with van der Waals surface area (Å²) in [4.78, 5) is 26.0. The Morgan fingerprint density at radius 2 is 1.15 bits per heavy atom. The first-order chi connectivity index (χ1) is 13.1. The van der Waals surface area contributed by atoms with Crippen LogP contribution in [0.4, 0.5) is 0 Å². The molecule has 3 aromatic carbocycles. The van der Waals surface area contributed by atoms with Crippen LogP contribution in [0.5, 0.6) is 0 Å². The third kappa shape index (κ3) is 1.85. The molecule has 0 atom stereocenters. The van der Waals surface area contributed by atoms with Gasteiger partial charge >= 0.3 is 0 Å². The van der Waals surface area contributed by atoms with Crippen LogP contribution >= 0.6 is 0 Å². The predicted octanol–water partition coefficient (Wildman–Crippen LogP) is 3.30. The van der Waals surface area contributed by atoms with Gasteiger partial charge in [-0.25, -0.2) is 0 Å². The Kier molecular flexibility index (Phi) is 2.87. The fourth-order valence-electron chi connectivity index (χ4n) is 3.77. The van der Waals surface area contributed by atoms with Crippen LogP contribution in [0.1, 0.15) is 11.1 Å². The number of nitriles is 2. The van der Waals surface area contributed by atoms with Crippen molar-refractivity contribution >= 4 is 38.1 Å². The maximum absolute atomic E-state index is 13.0. The number of fused-ring (bicyclic) bond motifs is 4. The zero-order valence-electron chi connectivity index (χ0n) is 13.9. The maximum atomic E-state index is 13.0. The van der Waals surface area contributed by atoms with E-state index in [2.05, 4.69) is 12.1 Å². The van der Waals surface area contributed by atoms with Gasteiger partial charge in [0.1, 0.15) is 0 Å². The van der Waals surface area contributed by atoms with Crippen molar-refractivity contribution in [3.05, 3.63) is 86.2 Å². The smallest absolute Gasteiger partial charge is 0.197 e. The lowest BCUT2D eigenvalue weighted by Crippen LogP contribution is -2.14. The van der Waals surface area contributed by atoms with Gasteiger partial charge in [-0.2, -0.15) is 10.5 Å². The molecular weight excluding hydrogens is 338 g/mol. The van der Waals surface area contributed by atoms with Crippen LogP contribution < -0.4 is 10.9 Å². The van der Waals surface area contributed by atoms with Gasteiger partial charge in [-0.05, 0) is 48.5 Å². The number of aromatic nitrogens is 1. The molecule has 0 unspecified atom stereocenters. The fourth-order valence-corrected chi connectivity index (χ4v) is 3.77. The van der Waals surface area contributed by atoms with Crippen LogP contribution in [-0.2, 0) is 0 Å². The van der Waals surface area contributed by atoms with E-state index in [4.69, 9.17) is 0 Å². The van der Waals surface area contributed by atoms with Crippen molar-refractivity contribution in [2.75, 3.05) is 0 Å². The van der Waals surface area contributed by atoms with Crippen LogP contribution in [-0.4, -0.2) is 4.40 Å². The molecule has 0 amide bonds. The van der Waals surface area contributed by atoms with Gasteiger partial charge in [-0.3, -0.25) is 9.59 Å². The van der Waals surface area contributed by atoms with E-state index in [1.807, 2.05) is 4.40 Å². The first-order valence-corrected chi connectivity index (χ1v) is 8.25. The van der Waals surface area contributed by atoms with E-state index >= 15 is 0 Å². The molecule has 0 saturated heterocycles. The molecule has 0 aliphatic rings. The summed E-state index contributed by atoms with van der Waals surface area (Å²) in [6.45, 7) is 0. The Labute approximate surface area is 151 Å². The van der Waals surface area contributed by atoms with E-state index < -0.39 is 0 Å². The SMILES string of the molecule is N#Cc1ccc2c(=O)c3cccc4c(=O)c5ccc(C#N)cc5n(c2c1)c34. The van der Waals surface area contributed by atoms with E-state index in [9.17, 15) is 20.1 Å². The lowest BCUT2D eigenvalue weighted by molar-refractivity contribution is 1.30. The van der Waals surface area contributed by atoms with Crippen molar-refractivity contribution in [3.8, 4) is 12.1 Å². The number of pyridine rings is 2. The molecule has 0 aliphatic heterocycles. The van der Waals surface area contributed by atoms with Crippen LogP contribution in [0.15, 0.2) is 64.2 Å². The van der Waals surface area contributed by atoms with Gasteiger partial charge in [-0.15, -0.1) is 0 Å². The molecule has 0 fully saturated rings. The second-order valence-corrected chi connectivity index (χ2v) is 6.38. The number of hydrogen-bond acceptors (Lipinski definition) is 4. The molecule has 0 bridgehead atoms. The third-order valence-corrected chi connectivity index (χ3v) is 4.97. The second-order valence-electron chi connectivity index (χ2n) is 6.38. The van der Waals surface area contributed by atoms with Crippen LogP contribution in [0.2, 0.25) is 0 Å². The van der Waals surface area contributed by atoms with Gasteiger partial charge in [0.05, 0.1) is 39.8 Å².